The Labute approximate surface area is 170 Å². The highest BCUT2D eigenvalue weighted by atomic mass is 19.4. The lowest BCUT2D eigenvalue weighted by molar-refractivity contribution is -0.112. The van der Waals surface area contributed by atoms with Crippen molar-refractivity contribution >= 4 is 23.1 Å². The Morgan fingerprint density at radius 1 is 0.933 bits per heavy atom. The van der Waals surface area contributed by atoms with E-state index in [1.807, 2.05) is 0 Å². The van der Waals surface area contributed by atoms with E-state index >= 15 is 0 Å². The van der Waals surface area contributed by atoms with E-state index in [1.165, 1.54) is 42.7 Å². The molecule has 0 unspecified atom stereocenters. The Balaban J connectivity index is 1.79. The number of hydrogen-bond acceptors (Lipinski definition) is 3. The summed E-state index contributed by atoms with van der Waals surface area (Å²) in [6.45, 7) is 0.125. The van der Waals surface area contributed by atoms with E-state index in [0.717, 1.165) is 0 Å². The molecule has 0 atom stereocenters. The maximum Gasteiger partial charge on any atom is 0.417 e. The van der Waals surface area contributed by atoms with Gasteiger partial charge in [0.25, 0.3) is 5.91 Å². The highest BCUT2D eigenvalue weighted by molar-refractivity contribution is 6.09. The lowest BCUT2D eigenvalue weighted by Gasteiger charge is -2.13. The third-order valence-corrected chi connectivity index (χ3v) is 4.10. The van der Waals surface area contributed by atoms with Gasteiger partial charge in [0.05, 0.1) is 29.6 Å². The zero-order chi connectivity index (χ0) is 21.6. The number of carbonyl (C=O) groups excluding carboxylic acids is 2. The van der Waals surface area contributed by atoms with Crippen molar-refractivity contribution in [2.75, 3.05) is 5.32 Å². The van der Waals surface area contributed by atoms with Crippen LogP contribution in [-0.4, -0.2) is 18.0 Å². The van der Waals surface area contributed by atoms with Gasteiger partial charge in [-0.1, -0.05) is 42.5 Å². The van der Waals surface area contributed by atoms with E-state index in [2.05, 4.69) is 10.6 Å². The van der Waals surface area contributed by atoms with Crippen molar-refractivity contribution in [3.05, 3.63) is 96.0 Å². The number of anilines is 1. The number of hydrogen-bond donors (Lipinski definition) is 2. The smallest absolute Gasteiger partial charge is 0.417 e. The molecule has 3 rings (SSSR count). The summed E-state index contributed by atoms with van der Waals surface area (Å²) in [6.07, 6.45) is -2.78. The number of benzene rings is 2. The highest BCUT2D eigenvalue weighted by Gasteiger charge is 2.35. The molecule has 1 aromatic heterocycles. The van der Waals surface area contributed by atoms with Crippen LogP contribution in [0, 0.1) is 0 Å². The molecule has 0 bridgehead atoms. The summed E-state index contributed by atoms with van der Waals surface area (Å²) in [5, 5.41) is 4.98. The Kier molecular flexibility index (Phi) is 6.36. The molecular formula is C22H17F3N2O3. The summed E-state index contributed by atoms with van der Waals surface area (Å²) in [5.41, 5.74) is -1.02. The summed E-state index contributed by atoms with van der Waals surface area (Å²) in [6, 6.07) is 16.4. The van der Waals surface area contributed by atoms with Crippen molar-refractivity contribution in [1.82, 2.24) is 5.32 Å². The summed E-state index contributed by atoms with van der Waals surface area (Å²) in [5.74, 6) is -0.978. The largest absolute Gasteiger partial charge is 0.467 e. The Bertz CT molecular complexity index is 1040. The Morgan fingerprint density at radius 2 is 1.63 bits per heavy atom. The predicted molar refractivity (Wildman–Crippen MR) is 105 cm³/mol. The maximum absolute atomic E-state index is 13.4. The van der Waals surface area contributed by atoms with Crippen molar-refractivity contribution in [1.29, 1.82) is 0 Å². The van der Waals surface area contributed by atoms with Gasteiger partial charge < -0.3 is 15.1 Å². The second kappa shape index (κ2) is 9.13. The standard InChI is InChI=1S/C22H17F3N2O3/c23-22(24,25)18(15-7-2-1-3-8-15)13-20(28)27-19-11-5-4-10-17(19)21(29)26-14-16-9-6-12-30-16/h1-13H,14H2,(H,26,29)(H,27,28)/b18-13-. The minimum Gasteiger partial charge on any atom is -0.467 e. The predicted octanol–water partition coefficient (Wildman–Crippen LogP) is 4.79. The molecule has 1 heterocycles. The summed E-state index contributed by atoms with van der Waals surface area (Å²) >= 11 is 0. The van der Waals surface area contributed by atoms with E-state index in [9.17, 15) is 22.8 Å². The van der Waals surface area contributed by atoms with E-state index in [-0.39, 0.29) is 23.4 Å². The van der Waals surface area contributed by atoms with Gasteiger partial charge in [-0.3, -0.25) is 9.59 Å². The van der Waals surface area contributed by atoms with Crippen LogP contribution in [0.25, 0.3) is 5.57 Å². The molecule has 0 saturated heterocycles. The van der Waals surface area contributed by atoms with Crippen LogP contribution in [0.1, 0.15) is 21.7 Å². The van der Waals surface area contributed by atoms with E-state index in [0.29, 0.717) is 11.8 Å². The number of para-hydroxylation sites is 1. The number of carbonyl (C=O) groups is 2. The van der Waals surface area contributed by atoms with Gasteiger partial charge in [0.2, 0.25) is 5.91 Å². The minimum atomic E-state index is -4.72. The fourth-order valence-electron chi connectivity index (χ4n) is 2.71. The molecule has 2 N–H and O–H groups in total. The lowest BCUT2D eigenvalue weighted by atomic mass is 10.0. The van der Waals surface area contributed by atoms with Crippen LogP contribution in [0.4, 0.5) is 18.9 Å². The molecule has 2 aromatic carbocycles. The number of rotatable bonds is 6. The number of amides is 2. The van der Waals surface area contributed by atoms with Crippen LogP contribution in [0.2, 0.25) is 0 Å². The second-order valence-corrected chi connectivity index (χ2v) is 6.22. The first kappa shape index (κ1) is 20.9. The van der Waals surface area contributed by atoms with Crippen LogP contribution in [0.3, 0.4) is 0 Å². The van der Waals surface area contributed by atoms with Gasteiger partial charge in [0.1, 0.15) is 5.76 Å². The van der Waals surface area contributed by atoms with E-state index < -0.39 is 23.6 Å². The SMILES string of the molecule is O=C(/C=C(/c1ccccc1)C(F)(F)F)Nc1ccccc1C(=O)NCc1ccco1. The topological polar surface area (TPSA) is 71.3 Å². The molecule has 0 spiro atoms. The van der Waals surface area contributed by atoms with E-state index in [1.54, 1.807) is 30.3 Å². The van der Waals surface area contributed by atoms with Crippen LogP contribution in [-0.2, 0) is 11.3 Å². The fourth-order valence-corrected chi connectivity index (χ4v) is 2.71. The molecule has 0 saturated carbocycles. The summed E-state index contributed by atoms with van der Waals surface area (Å²) < 4.78 is 45.4. The van der Waals surface area contributed by atoms with Crippen LogP contribution in [0.5, 0.6) is 0 Å². The van der Waals surface area contributed by atoms with E-state index in [4.69, 9.17) is 4.42 Å². The molecule has 0 fully saturated rings. The average Bonchev–Trinajstić information content (AvgIpc) is 3.24. The molecular weight excluding hydrogens is 397 g/mol. The molecule has 3 aromatic rings. The van der Waals surface area contributed by atoms with Crippen molar-refractivity contribution in [2.24, 2.45) is 0 Å². The maximum atomic E-state index is 13.4. The van der Waals surface area contributed by atoms with Crippen LogP contribution >= 0.6 is 0 Å². The Hall–Kier alpha value is -3.81. The number of nitrogens with one attached hydrogen (secondary N) is 2. The third-order valence-electron chi connectivity index (χ3n) is 4.10. The molecule has 0 radical (unpaired) electrons. The van der Waals surface area contributed by atoms with Crippen LogP contribution in [0.15, 0.2) is 83.5 Å². The number of halogens is 3. The highest BCUT2D eigenvalue weighted by Crippen LogP contribution is 2.33. The lowest BCUT2D eigenvalue weighted by Crippen LogP contribution is -2.24. The van der Waals surface area contributed by atoms with Crippen molar-refractivity contribution < 1.29 is 27.2 Å². The van der Waals surface area contributed by atoms with Gasteiger partial charge in [-0.25, -0.2) is 0 Å². The first-order valence-corrected chi connectivity index (χ1v) is 8.89. The van der Waals surface area contributed by atoms with Gasteiger partial charge in [0, 0.05) is 6.08 Å². The van der Waals surface area contributed by atoms with Gasteiger partial charge in [0.15, 0.2) is 0 Å². The molecule has 8 heteroatoms. The second-order valence-electron chi connectivity index (χ2n) is 6.22. The molecule has 0 aliphatic heterocycles. The van der Waals surface area contributed by atoms with Gasteiger partial charge in [-0.2, -0.15) is 13.2 Å². The third kappa shape index (κ3) is 5.38. The number of alkyl halides is 3. The summed E-state index contributed by atoms with van der Waals surface area (Å²) in [4.78, 5) is 24.8. The first-order valence-electron chi connectivity index (χ1n) is 8.89. The molecule has 2 amide bonds. The minimum absolute atomic E-state index is 0.0882. The monoisotopic (exact) mass is 414 g/mol. The molecule has 0 aliphatic carbocycles. The quantitative estimate of drug-likeness (QED) is 0.570. The fraction of sp³-hybridized carbons (Fsp3) is 0.0909. The normalized spacial score (nSPS) is 11.8. The van der Waals surface area contributed by atoms with Crippen molar-refractivity contribution in [3.63, 3.8) is 0 Å². The molecule has 154 valence electrons. The van der Waals surface area contributed by atoms with Crippen molar-refractivity contribution in [3.8, 4) is 0 Å². The molecule has 0 aliphatic rings. The zero-order valence-corrected chi connectivity index (χ0v) is 15.6. The summed E-state index contributed by atoms with van der Waals surface area (Å²) in [7, 11) is 0. The van der Waals surface area contributed by atoms with Crippen molar-refractivity contribution in [2.45, 2.75) is 12.7 Å². The molecule has 30 heavy (non-hydrogen) atoms. The number of furan rings is 1. The van der Waals surface area contributed by atoms with Crippen LogP contribution < -0.4 is 10.6 Å². The number of allylic oxidation sites excluding steroid dienone is 1. The molecule has 5 nitrogen and oxygen atoms in total. The van der Waals surface area contributed by atoms with Gasteiger partial charge in [-0.15, -0.1) is 0 Å². The zero-order valence-electron chi connectivity index (χ0n) is 15.6. The van der Waals surface area contributed by atoms with Gasteiger partial charge >= 0.3 is 6.18 Å². The first-order chi connectivity index (χ1) is 14.3. The average molecular weight is 414 g/mol. The Morgan fingerprint density at radius 3 is 2.30 bits per heavy atom. The van der Waals surface area contributed by atoms with Gasteiger partial charge in [-0.05, 0) is 29.8 Å².